The van der Waals surface area contributed by atoms with Gasteiger partial charge in [-0.3, -0.25) is 0 Å². The third kappa shape index (κ3) is 4.46. The van der Waals surface area contributed by atoms with Gasteiger partial charge in [0.2, 0.25) is 0 Å². The Balaban J connectivity index is 1.52. The van der Waals surface area contributed by atoms with E-state index in [1.54, 1.807) is 17.5 Å². The van der Waals surface area contributed by atoms with Gasteiger partial charge in [0.05, 0.1) is 10.6 Å². The Kier molecular flexibility index (Phi) is 5.03. The average Bonchev–Trinajstić information content (AvgIpc) is 3.17. The van der Waals surface area contributed by atoms with E-state index in [4.69, 9.17) is 4.98 Å². The molecule has 0 bridgehead atoms. The molecule has 0 amide bonds. The number of aromatic nitrogens is 3. The molecule has 0 saturated carbocycles. The zero-order chi connectivity index (χ0) is 18.5. The summed E-state index contributed by atoms with van der Waals surface area (Å²) in [5.41, 5.74) is 3.20. The predicted octanol–water partition coefficient (Wildman–Crippen LogP) is 5.82. The van der Waals surface area contributed by atoms with Gasteiger partial charge in [-0.1, -0.05) is 42.5 Å². The quantitative estimate of drug-likeness (QED) is 0.481. The molecule has 0 aliphatic heterocycles. The molecular formula is C22H18N4S. The minimum absolute atomic E-state index is 0.764. The molecule has 0 aliphatic carbocycles. The molecule has 0 saturated heterocycles. The maximum atomic E-state index is 4.69. The zero-order valence-electron chi connectivity index (χ0n) is 14.8. The van der Waals surface area contributed by atoms with Gasteiger partial charge in [-0.2, -0.15) is 0 Å². The first kappa shape index (κ1) is 17.1. The van der Waals surface area contributed by atoms with Crippen LogP contribution in [0.4, 0.5) is 11.6 Å². The lowest BCUT2D eigenvalue weighted by molar-refractivity contribution is 1.24. The SMILES string of the molecule is Cc1ccnc(Nc2cccc(-c3cnc(/C=C/c4ccccc4)s3)n2)c1. The van der Waals surface area contributed by atoms with E-state index in [1.807, 2.05) is 67.7 Å². The van der Waals surface area contributed by atoms with Crippen LogP contribution in [0.25, 0.3) is 22.7 Å². The second-order valence-corrected chi connectivity index (χ2v) is 7.12. The fourth-order valence-electron chi connectivity index (χ4n) is 2.59. The van der Waals surface area contributed by atoms with Crippen LogP contribution < -0.4 is 5.32 Å². The lowest BCUT2D eigenvalue weighted by Gasteiger charge is -2.06. The Labute approximate surface area is 162 Å². The molecule has 3 aromatic heterocycles. The van der Waals surface area contributed by atoms with Gasteiger partial charge < -0.3 is 5.32 Å². The lowest BCUT2D eigenvalue weighted by Crippen LogP contribution is -1.96. The first-order chi connectivity index (χ1) is 13.3. The summed E-state index contributed by atoms with van der Waals surface area (Å²) < 4.78 is 0. The van der Waals surface area contributed by atoms with Crippen LogP contribution in [-0.4, -0.2) is 15.0 Å². The summed E-state index contributed by atoms with van der Waals surface area (Å²) in [5.74, 6) is 1.55. The van der Waals surface area contributed by atoms with Gasteiger partial charge in [0, 0.05) is 12.4 Å². The van der Waals surface area contributed by atoms with Gasteiger partial charge in [0.25, 0.3) is 0 Å². The van der Waals surface area contributed by atoms with Gasteiger partial charge in [0.15, 0.2) is 0 Å². The molecule has 3 heterocycles. The summed E-state index contributed by atoms with van der Waals surface area (Å²) in [6.07, 6.45) is 7.75. The van der Waals surface area contributed by atoms with Crippen LogP contribution in [0.2, 0.25) is 0 Å². The maximum absolute atomic E-state index is 4.69. The van der Waals surface area contributed by atoms with E-state index in [9.17, 15) is 0 Å². The molecule has 4 nitrogen and oxygen atoms in total. The number of thiazole rings is 1. The second kappa shape index (κ2) is 7.93. The van der Waals surface area contributed by atoms with Crippen LogP contribution in [0.15, 0.2) is 73.1 Å². The molecule has 0 unspecified atom stereocenters. The Morgan fingerprint density at radius 3 is 2.63 bits per heavy atom. The van der Waals surface area contributed by atoms with Gasteiger partial charge in [-0.25, -0.2) is 15.0 Å². The summed E-state index contributed by atoms with van der Waals surface area (Å²) in [6.45, 7) is 2.04. The molecule has 1 N–H and O–H groups in total. The van der Waals surface area contributed by atoms with E-state index in [0.29, 0.717) is 0 Å². The first-order valence-electron chi connectivity index (χ1n) is 8.62. The van der Waals surface area contributed by atoms with Crippen LogP contribution in [-0.2, 0) is 0 Å². The molecular weight excluding hydrogens is 352 g/mol. The minimum Gasteiger partial charge on any atom is -0.325 e. The van der Waals surface area contributed by atoms with E-state index < -0.39 is 0 Å². The van der Waals surface area contributed by atoms with Crippen LogP contribution in [0, 0.1) is 6.92 Å². The van der Waals surface area contributed by atoms with Gasteiger partial charge in [0.1, 0.15) is 16.6 Å². The van der Waals surface area contributed by atoms with Crippen molar-refractivity contribution in [1.82, 2.24) is 15.0 Å². The smallest absolute Gasteiger partial charge is 0.132 e. The van der Waals surface area contributed by atoms with Crippen molar-refractivity contribution >= 4 is 35.1 Å². The van der Waals surface area contributed by atoms with Gasteiger partial charge in [-0.05, 0) is 48.4 Å². The highest BCUT2D eigenvalue weighted by atomic mass is 32.1. The first-order valence-corrected chi connectivity index (χ1v) is 9.44. The standard InChI is InChI=1S/C22H18N4S/c1-16-12-13-23-21(14-16)26-20-9-5-8-18(25-20)19-15-24-22(27-19)11-10-17-6-3-2-4-7-17/h2-15H,1H3,(H,23,25,26)/b11-10+. The molecule has 132 valence electrons. The lowest BCUT2D eigenvalue weighted by atomic mass is 10.2. The van der Waals surface area contributed by atoms with Crippen molar-refractivity contribution in [2.24, 2.45) is 0 Å². The topological polar surface area (TPSA) is 50.7 Å². The van der Waals surface area contributed by atoms with E-state index in [1.165, 1.54) is 0 Å². The normalized spacial score (nSPS) is 11.0. The highest BCUT2D eigenvalue weighted by Gasteiger charge is 2.06. The molecule has 0 radical (unpaired) electrons. The zero-order valence-corrected chi connectivity index (χ0v) is 15.6. The van der Waals surface area contributed by atoms with Crippen molar-refractivity contribution in [1.29, 1.82) is 0 Å². The van der Waals surface area contributed by atoms with Crippen molar-refractivity contribution < 1.29 is 0 Å². The molecule has 0 spiro atoms. The van der Waals surface area contributed by atoms with Crippen molar-refractivity contribution in [3.63, 3.8) is 0 Å². The third-order valence-electron chi connectivity index (χ3n) is 3.91. The van der Waals surface area contributed by atoms with E-state index in [-0.39, 0.29) is 0 Å². The number of rotatable bonds is 5. The number of benzene rings is 1. The maximum Gasteiger partial charge on any atom is 0.132 e. The Morgan fingerprint density at radius 1 is 0.889 bits per heavy atom. The summed E-state index contributed by atoms with van der Waals surface area (Å²) in [7, 11) is 0. The van der Waals surface area contributed by atoms with Crippen LogP contribution in [0.3, 0.4) is 0 Å². The largest absolute Gasteiger partial charge is 0.325 e. The summed E-state index contributed by atoms with van der Waals surface area (Å²) >= 11 is 1.62. The number of hydrogen-bond acceptors (Lipinski definition) is 5. The fraction of sp³-hybridized carbons (Fsp3) is 0.0455. The number of nitrogens with zero attached hydrogens (tertiary/aromatic N) is 3. The summed E-state index contributed by atoms with van der Waals surface area (Å²) in [4.78, 5) is 14.5. The third-order valence-corrected chi connectivity index (χ3v) is 4.90. The minimum atomic E-state index is 0.764. The van der Waals surface area contributed by atoms with Crippen molar-refractivity contribution in [2.75, 3.05) is 5.32 Å². The number of hydrogen-bond donors (Lipinski definition) is 1. The van der Waals surface area contributed by atoms with E-state index >= 15 is 0 Å². The molecule has 4 aromatic rings. The van der Waals surface area contributed by atoms with Crippen molar-refractivity contribution in [2.45, 2.75) is 6.92 Å². The molecule has 0 fully saturated rings. The summed E-state index contributed by atoms with van der Waals surface area (Å²) in [6, 6.07) is 20.1. The number of pyridine rings is 2. The van der Waals surface area contributed by atoms with Crippen LogP contribution >= 0.6 is 11.3 Å². The van der Waals surface area contributed by atoms with Crippen LogP contribution in [0.1, 0.15) is 16.1 Å². The van der Waals surface area contributed by atoms with E-state index in [0.717, 1.165) is 38.3 Å². The Morgan fingerprint density at radius 2 is 1.78 bits per heavy atom. The number of anilines is 2. The highest BCUT2D eigenvalue weighted by molar-refractivity contribution is 7.15. The molecule has 0 aliphatic rings. The number of aryl methyl sites for hydroxylation is 1. The average molecular weight is 370 g/mol. The van der Waals surface area contributed by atoms with Gasteiger partial charge in [-0.15, -0.1) is 11.3 Å². The predicted molar refractivity (Wildman–Crippen MR) is 113 cm³/mol. The second-order valence-electron chi connectivity index (χ2n) is 6.06. The Hall–Kier alpha value is -3.31. The van der Waals surface area contributed by atoms with Crippen molar-refractivity contribution in [3.8, 4) is 10.6 Å². The summed E-state index contributed by atoms with van der Waals surface area (Å²) in [5, 5.41) is 4.21. The van der Waals surface area contributed by atoms with Crippen LogP contribution in [0.5, 0.6) is 0 Å². The molecule has 1 aromatic carbocycles. The number of nitrogens with one attached hydrogen (secondary N) is 1. The fourth-order valence-corrected chi connectivity index (χ4v) is 3.38. The van der Waals surface area contributed by atoms with Gasteiger partial charge >= 0.3 is 0 Å². The highest BCUT2D eigenvalue weighted by Crippen LogP contribution is 2.27. The molecule has 4 rings (SSSR count). The Bertz CT molecular complexity index is 1070. The molecule has 0 atom stereocenters. The molecule has 27 heavy (non-hydrogen) atoms. The van der Waals surface area contributed by atoms with Crippen molar-refractivity contribution in [3.05, 3.63) is 89.2 Å². The molecule has 5 heteroatoms. The monoisotopic (exact) mass is 370 g/mol. The van der Waals surface area contributed by atoms with E-state index in [2.05, 4.69) is 33.5 Å².